The van der Waals surface area contributed by atoms with E-state index in [-0.39, 0.29) is 34.4 Å². The fourth-order valence-corrected chi connectivity index (χ4v) is 2.02. The molecule has 114 valence electrons. The summed E-state index contributed by atoms with van der Waals surface area (Å²) in [5, 5.41) is 4.24. The average Bonchev–Trinajstić information content (AvgIpc) is 2.48. The van der Waals surface area contributed by atoms with Gasteiger partial charge >= 0.3 is 5.97 Å². The topological polar surface area (TPSA) is 78.3 Å². The molecular formula is C15H13ClN2O4. The Morgan fingerprint density at radius 3 is 2.59 bits per heavy atom. The second-order valence-corrected chi connectivity index (χ2v) is 4.80. The largest absolute Gasteiger partial charge is 0.462 e. The van der Waals surface area contributed by atoms with Crippen LogP contribution in [0.25, 0.3) is 5.69 Å². The molecule has 6 nitrogen and oxygen atoms in total. The van der Waals surface area contributed by atoms with Crippen LogP contribution >= 0.6 is 11.6 Å². The molecule has 1 aromatic carbocycles. The molecule has 0 aliphatic heterocycles. The number of Topliss-reactive ketones (excluding diaryl/α,β-unsaturated/α-hetero) is 1. The van der Waals surface area contributed by atoms with Crippen LogP contribution < -0.4 is 5.56 Å². The highest BCUT2D eigenvalue weighted by Crippen LogP contribution is 2.18. The summed E-state index contributed by atoms with van der Waals surface area (Å²) in [6, 6.07) is 7.64. The zero-order valence-corrected chi connectivity index (χ0v) is 12.8. The molecule has 0 spiro atoms. The maximum Gasteiger partial charge on any atom is 0.343 e. The number of ketones is 1. The van der Waals surface area contributed by atoms with Crippen molar-refractivity contribution in [2.24, 2.45) is 0 Å². The van der Waals surface area contributed by atoms with E-state index < -0.39 is 11.5 Å². The lowest BCUT2D eigenvalue weighted by molar-refractivity contribution is 0.0523. The van der Waals surface area contributed by atoms with Crippen LogP contribution in [0.2, 0.25) is 5.02 Å². The highest BCUT2D eigenvalue weighted by atomic mass is 35.5. The predicted molar refractivity (Wildman–Crippen MR) is 80.8 cm³/mol. The third-order valence-electron chi connectivity index (χ3n) is 2.85. The van der Waals surface area contributed by atoms with E-state index in [0.717, 1.165) is 10.7 Å². The maximum atomic E-state index is 12.4. The van der Waals surface area contributed by atoms with Gasteiger partial charge in [0, 0.05) is 6.92 Å². The van der Waals surface area contributed by atoms with Crippen molar-refractivity contribution >= 4 is 23.4 Å². The first-order valence-electron chi connectivity index (χ1n) is 6.53. The lowest BCUT2D eigenvalue weighted by Gasteiger charge is -2.10. The smallest absolute Gasteiger partial charge is 0.343 e. The number of halogens is 1. The Kier molecular flexibility index (Phi) is 4.72. The van der Waals surface area contributed by atoms with Crippen molar-refractivity contribution in [3.63, 3.8) is 0 Å². The second-order valence-electron chi connectivity index (χ2n) is 4.39. The van der Waals surface area contributed by atoms with Crippen LogP contribution in [0.1, 0.15) is 34.7 Å². The zero-order valence-electron chi connectivity index (χ0n) is 12.0. The van der Waals surface area contributed by atoms with E-state index in [9.17, 15) is 14.4 Å². The normalized spacial score (nSPS) is 10.3. The van der Waals surface area contributed by atoms with Gasteiger partial charge in [-0.1, -0.05) is 23.7 Å². The predicted octanol–water partition coefficient (Wildman–Crippen LogP) is 2.27. The van der Waals surface area contributed by atoms with Crippen LogP contribution in [0.5, 0.6) is 0 Å². The number of benzene rings is 1. The van der Waals surface area contributed by atoms with Crippen LogP contribution in [0, 0.1) is 0 Å². The Labute approximate surface area is 131 Å². The number of hydrogen-bond donors (Lipinski definition) is 0. The Balaban J connectivity index is 2.74. The molecule has 0 aliphatic rings. The molecule has 0 N–H and O–H groups in total. The molecule has 1 aromatic heterocycles. The summed E-state index contributed by atoms with van der Waals surface area (Å²) in [5.41, 5.74) is -0.705. The lowest BCUT2D eigenvalue weighted by atomic mass is 10.2. The molecule has 22 heavy (non-hydrogen) atoms. The number of esters is 1. The maximum absolute atomic E-state index is 12.4. The number of aromatic nitrogens is 2. The van der Waals surface area contributed by atoms with E-state index in [1.807, 2.05) is 0 Å². The van der Waals surface area contributed by atoms with Crippen molar-refractivity contribution in [2.75, 3.05) is 6.61 Å². The molecule has 0 bridgehead atoms. The molecule has 0 saturated carbocycles. The van der Waals surface area contributed by atoms with Crippen molar-refractivity contribution in [3.05, 3.63) is 57.0 Å². The molecule has 0 fully saturated rings. The van der Waals surface area contributed by atoms with Gasteiger partial charge in [0.05, 0.1) is 17.3 Å². The molecule has 0 radical (unpaired) electrons. The molecule has 1 heterocycles. The number of nitrogens with zero attached hydrogens (tertiary/aromatic N) is 2. The van der Waals surface area contributed by atoms with Crippen LogP contribution in [-0.2, 0) is 4.74 Å². The minimum absolute atomic E-state index is 0.0254. The Morgan fingerprint density at radius 1 is 1.32 bits per heavy atom. The fourth-order valence-electron chi connectivity index (χ4n) is 1.81. The number of carbonyl (C=O) groups is 2. The fraction of sp³-hybridized carbons (Fsp3) is 0.200. The third-order valence-corrected chi connectivity index (χ3v) is 3.17. The molecule has 0 saturated heterocycles. The standard InChI is InChI=1S/C15H13ClN2O4/c1-3-22-15(21)10-8-12(9(2)19)17-18(14(10)20)13-7-5-4-6-11(13)16/h4-8H,3H2,1-2H3. The van der Waals surface area contributed by atoms with E-state index >= 15 is 0 Å². The molecular weight excluding hydrogens is 308 g/mol. The van der Waals surface area contributed by atoms with E-state index in [0.29, 0.717) is 0 Å². The van der Waals surface area contributed by atoms with Gasteiger partial charge in [0.15, 0.2) is 5.78 Å². The van der Waals surface area contributed by atoms with Gasteiger partial charge in [-0.3, -0.25) is 9.59 Å². The van der Waals surface area contributed by atoms with Crippen molar-refractivity contribution in [1.82, 2.24) is 9.78 Å². The van der Waals surface area contributed by atoms with Gasteiger partial charge in [0.1, 0.15) is 11.3 Å². The second kappa shape index (κ2) is 6.53. The summed E-state index contributed by atoms with van der Waals surface area (Å²) >= 11 is 6.05. The number of hydrogen-bond acceptors (Lipinski definition) is 5. The van der Waals surface area contributed by atoms with Crippen molar-refractivity contribution in [2.45, 2.75) is 13.8 Å². The Bertz CT molecular complexity index is 798. The molecule has 0 aliphatic carbocycles. The van der Waals surface area contributed by atoms with E-state index in [1.54, 1.807) is 31.2 Å². The summed E-state index contributed by atoms with van der Waals surface area (Å²) in [6.07, 6.45) is 0. The van der Waals surface area contributed by atoms with Gasteiger partial charge in [0.2, 0.25) is 0 Å². The monoisotopic (exact) mass is 320 g/mol. The van der Waals surface area contributed by atoms with Crippen molar-refractivity contribution in [3.8, 4) is 5.69 Å². The summed E-state index contributed by atoms with van der Waals surface area (Å²) in [4.78, 5) is 35.9. The zero-order chi connectivity index (χ0) is 16.3. The summed E-state index contributed by atoms with van der Waals surface area (Å²) in [7, 11) is 0. The van der Waals surface area contributed by atoms with Gasteiger partial charge in [-0.2, -0.15) is 9.78 Å². The number of carbonyl (C=O) groups excluding carboxylic acids is 2. The Hall–Kier alpha value is -2.47. The summed E-state index contributed by atoms with van der Waals surface area (Å²) in [5.74, 6) is -1.19. The number of rotatable bonds is 4. The first kappa shape index (κ1) is 15.9. The van der Waals surface area contributed by atoms with Crippen molar-refractivity contribution in [1.29, 1.82) is 0 Å². The van der Waals surface area contributed by atoms with Crippen LogP contribution in [0.15, 0.2) is 35.1 Å². The summed E-state index contributed by atoms with van der Waals surface area (Å²) in [6.45, 7) is 3.03. The van der Waals surface area contributed by atoms with Gasteiger partial charge < -0.3 is 4.74 Å². The Morgan fingerprint density at radius 2 is 2.00 bits per heavy atom. The SMILES string of the molecule is CCOC(=O)c1cc(C(C)=O)nn(-c2ccccc2Cl)c1=O. The third kappa shape index (κ3) is 3.07. The number of ether oxygens (including phenoxy) is 1. The van der Waals surface area contributed by atoms with Gasteiger partial charge in [-0.15, -0.1) is 0 Å². The molecule has 0 atom stereocenters. The van der Waals surface area contributed by atoms with Gasteiger partial charge in [0.25, 0.3) is 5.56 Å². The lowest BCUT2D eigenvalue weighted by Crippen LogP contribution is -2.30. The highest BCUT2D eigenvalue weighted by molar-refractivity contribution is 6.32. The van der Waals surface area contributed by atoms with Gasteiger partial charge in [-0.25, -0.2) is 4.79 Å². The average molecular weight is 321 g/mol. The molecule has 2 rings (SSSR count). The molecule has 2 aromatic rings. The minimum atomic E-state index is -0.807. The van der Waals surface area contributed by atoms with Crippen LogP contribution in [0.3, 0.4) is 0 Å². The van der Waals surface area contributed by atoms with E-state index in [4.69, 9.17) is 16.3 Å². The minimum Gasteiger partial charge on any atom is -0.462 e. The first-order chi connectivity index (χ1) is 10.5. The molecule has 0 amide bonds. The van der Waals surface area contributed by atoms with Crippen LogP contribution in [0.4, 0.5) is 0 Å². The summed E-state index contributed by atoms with van der Waals surface area (Å²) < 4.78 is 5.78. The van der Waals surface area contributed by atoms with Crippen molar-refractivity contribution < 1.29 is 14.3 Å². The molecule has 0 unspecified atom stereocenters. The molecule has 7 heteroatoms. The van der Waals surface area contributed by atoms with E-state index in [1.165, 1.54) is 6.92 Å². The van der Waals surface area contributed by atoms with Gasteiger partial charge in [-0.05, 0) is 25.1 Å². The van der Waals surface area contributed by atoms with Crippen LogP contribution in [-0.4, -0.2) is 28.1 Å². The highest BCUT2D eigenvalue weighted by Gasteiger charge is 2.19. The quantitative estimate of drug-likeness (QED) is 0.638. The number of para-hydroxylation sites is 1. The first-order valence-corrected chi connectivity index (χ1v) is 6.90. The van der Waals surface area contributed by atoms with E-state index in [2.05, 4.69) is 5.10 Å².